The van der Waals surface area contributed by atoms with E-state index in [1.165, 1.54) is 109 Å². The van der Waals surface area contributed by atoms with Crippen molar-refractivity contribution in [2.24, 2.45) is 0 Å². The van der Waals surface area contributed by atoms with Gasteiger partial charge in [-0.1, -0.05) is 179 Å². The molecule has 0 rings (SSSR count). The van der Waals surface area contributed by atoms with E-state index >= 15 is 0 Å². The maximum absolute atomic E-state index is 12.6. The van der Waals surface area contributed by atoms with E-state index in [-0.39, 0.29) is 25.2 Å². The van der Waals surface area contributed by atoms with E-state index in [1.54, 1.807) is 0 Å². The molecule has 0 aliphatic rings. The van der Waals surface area contributed by atoms with Crippen molar-refractivity contribution in [2.75, 3.05) is 19.8 Å². The molecule has 0 N–H and O–H groups in total. The first-order valence-electron chi connectivity index (χ1n) is 22.2. The highest BCUT2D eigenvalue weighted by molar-refractivity contribution is 5.70. The molecule has 0 radical (unpaired) electrons. The fourth-order valence-corrected chi connectivity index (χ4v) is 6.03. The average molecular weight is 729 g/mol. The molecule has 1 unspecified atom stereocenters. The van der Waals surface area contributed by atoms with Crippen LogP contribution >= 0.6 is 0 Å². The van der Waals surface area contributed by atoms with Crippen LogP contribution in [-0.4, -0.2) is 37.9 Å². The third-order valence-electron chi connectivity index (χ3n) is 9.35. The molecule has 0 bridgehead atoms. The summed E-state index contributed by atoms with van der Waals surface area (Å²) in [7, 11) is 0. The highest BCUT2D eigenvalue weighted by Crippen LogP contribution is 2.13. The summed E-state index contributed by atoms with van der Waals surface area (Å²) in [5, 5.41) is 0. The smallest absolute Gasteiger partial charge is 0.306 e. The van der Waals surface area contributed by atoms with Crippen LogP contribution in [0.4, 0.5) is 0 Å². The van der Waals surface area contributed by atoms with Crippen molar-refractivity contribution in [1.82, 2.24) is 0 Å². The van der Waals surface area contributed by atoms with E-state index in [4.69, 9.17) is 14.2 Å². The van der Waals surface area contributed by atoms with Gasteiger partial charge in [-0.25, -0.2) is 0 Å². The van der Waals surface area contributed by atoms with Crippen LogP contribution in [0.1, 0.15) is 213 Å². The summed E-state index contributed by atoms with van der Waals surface area (Å²) < 4.78 is 17.2. The van der Waals surface area contributed by atoms with Gasteiger partial charge in [-0.3, -0.25) is 9.59 Å². The lowest BCUT2D eigenvalue weighted by Gasteiger charge is -2.18. The third-order valence-corrected chi connectivity index (χ3v) is 9.35. The Morgan fingerprint density at radius 3 is 1.46 bits per heavy atom. The zero-order valence-corrected chi connectivity index (χ0v) is 34.6. The van der Waals surface area contributed by atoms with Gasteiger partial charge < -0.3 is 14.2 Å². The van der Waals surface area contributed by atoms with Gasteiger partial charge in [0.1, 0.15) is 6.61 Å². The normalized spacial score (nSPS) is 12.6. The zero-order valence-electron chi connectivity index (χ0n) is 34.6. The summed E-state index contributed by atoms with van der Waals surface area (Å²) in [6, 6.07) is 0. The highest BCUT2D eigenvalue weighted by Gasteiger charge is 2.17. The number of rotatable bonds is 40. The number of esters is 2. The van der Waals surface area contributed by atoms with E-state index in [9.17, 15) is 9.59 Å². The van der Waals surface area contributed by atoms with Gasteiger partial charge in [0, 0.05) is 19.4 Å². The highest BCUT2D eigenvalue weighted by atomic mass is 16.6. The molecule has 0 saturated heterocycles. The fourth-order valence-electron chi connectivity index (χ4n) is 6.03. The fraction of sp³-hybridized carbons (Fsp3) is 0.787. The lowest BCUT2D eigenvalue weighted by atomic mass is 10.1. The zero-order chi connectivity index (χ0) is 37.8. The molecule has 0 heterocycles. The maximum Gasteiger partial charge on any atom is 0.306 e. The minimum atomic E-state index is -0.536. The molecule has 0 aromatic carbocycles. The largest absolute Gasteiger partial charge is 0.462 e. The molecule has 0 aliphatic heterocycles. The Morgan fingerprint density at radius 1 is 0.442 bits per heavy atom. The van der Waals surface area contributed by atoms with Gasteiger partial charge in [0.2, 0.25) is 0 Å². The summed E-state index contributed by atoms with van der Waals surface area (Å²) >= 11 is 0. The molecule has 0 amide bonds. The van der Waals surface area contributed by atoms with Gasteiger partial charge in [0.15, 0.2) is 6.10 Å². The monoisotopic (exact) mass is 729 g/mol. The second kappa shape index (κ2) is 43.3. The van der Waals surface area contributed by atoms with E-state index < -0.39 is 6.10 Å². The molecule has 302 valence electrons. The van der Waals surface area contributed by atoms with Gasteiger partial charge in [0.05, 0.1) is 6.61 Å². The first-order valence-corrected chi connectivity index (χ1v) is 22.2. The van der Waals surface area contributed by atoms with E-state index in [2.05, 4.69) is 69.4 Å². The van der Waals surface area contributed by atoms with Crippen molar-refractivity contribution in [3.63, 3.8) is 0 Å². The van der Waals surface area contributed by atoms with Crippen molar-refractivity contribution in [1.29, 1.82) is 0 Å². The number of hydrogen-bond acceptors (Lipinski definition) is 5. The number of hydrogen-bond donors (Lipinski definition) is 0. The Bertz CT molecular complexity index is 873. The standard InChI is InChI=1S/C47H84O5/c1-4-7-10-13-16-18-20-21-22-23-24-25-26-28-30-33-36-39-42-50-43-45(52-47(49)41-38-35-31-15-12-9-6-3)44-51-46(48)40-37-34-32-29-27-19-17-14-11-8-5-2/h7,10,14,16-18,21-22,45H,4-6,8-9,11-13,15,19-20,23-44H2,1-3H3/b10-7-,17-14-,18-16-,22-21-. The van der Waals surface area contributed by atoms with Crippen LogP contribution in [0.3, 0.4) is 0 Å². The molecule has 0 aromatic heterocycles. The van der Waals surface area contributed by atoms with Crippen LogP contribution in [0, 0.1) is 0 Å². The van der Waals surface area contributed by atoms with Gasteiger partial charge >= 0.3 is 11.9 Å². The van der Waals surface area contributed by atoms with Gasteiger partial charge in [-0.2, -0.15) is 0 Å². The van der Waals surface area contributed by atoms with Crippen LogP contribution in [0.25, 0.3) is 0 Å². The van der Waals surface area contributed by atoms with Crippen LogP contribution in [0.2, 0.25) is 0 Å². The molecule has 0 spiro atoms. The molecule has 52 heavy (non-hydrogen) atoms. The van der Waals surface area contributed by atoms with Crippen molar-refractivity contribution in [3.8, 4) is 0 Å². The third kappa shape index (κ3) is 40.6. The molecule has 0 aromatic rings. The second-order valence-corrected chi connectivity index (χ2v) is 14.6. The molecule has 5 nitrogen and oxygen atoms in total. The Kier molecular flexibility index (Phi) is 41.5. The first-order chi connectivity index (χ1) is 25.6. The van der Waals surface area contributed by atoms with Crippen LogP contribution in [0.15, 0.2) is 48.6 Å². The van der Waals surface area contributed by atoms with Crippen molar-refractivity contribution in [2.45, 2.75) is 219 Å². The van der Waals surface area contributed by atoms with Crippen molar-refractivity contribution < 1.29 is 23.8 Å². The molecule has 1 atom stereocenters. The topological polar surface area (TPSA) is 61.8 Å². The van der Waals surface area contributed by atoms with Gasteiger partial charge in [-0.15, -0.1) is 0 Å². The maximum atomic E-state index is 12.6. The Labute approximate surface area is 322 Å². The first kappa shape index (κ1) is 49.9. The molecule has 0 aliphatic carbocycles. The summed E-state index contributed by atoms with van der Waals surface area (Å²) in [4.78, 5) is 25.0. The van der Waals surface area contributed by atoms with Crippen LogP contribution < -0.4 is 0 Å². The minimum absolute atomic E-state index is 0.0791. The lowest BCUT2D eigenvalue weighted by Crippen LogP contribution is -2.30. The van der Waals surface area contributed by atoms with Crippen molar-refractivity contribution >= 4 is 11.9 Å². The molecule has 0 fully saturated rings. The summed E-state index contributed by atoms with van der Waals surface area (Å²) in [6.45, 7) is 7.62. The predicted molar refractivity (Wildman–Crippen MR) is 224 cm³/mol. The second-order valence-electron chi connectivity index (χ2n) is 14.6. The summed E-state index contributed by atoms with van der Waals surface area (Å²) in [5.74, 6) is -0.417. The lowest BCUT2D eigenvalue weighted by molar-refractivity contribution is -0.163. The summed E-state index contributed by atoms with van der Waals surface area (Å²) in [6.07, 6.45) is 51.2. The van der Waals surface area contributed by atoms with E-state index in [0.29, 0.717) is 19.4 Å². The quantitative estimate of drug-likeness (QED) is 0.0357. The molecular weight excluding hydrogens is 645 g/mol. The Morgan fingerprint density at radius 2 is 0.885 bits per heavy atom. The number of unbranched alkanes of at least 4 members (excludes halogenated alkanes) is 21. The SMILES string of the molecule is CC/C=C\C/C=C\C/C=C\CCCCCCCCCCOCC(COC(=O)CCCCCCC/C=C\CCCC)OC(=O)CCCCCCCCC. The Balaban J connectivity index is 4.14. The minimum Gasteiger partial charge on any atom is -0.462 e. The number of ether oxygens (including phenoxy) is 3. The van der Waals surface area contributed by atoms with E-state index in [0.717, 1.165) is 70.6 Å². The van der Waals surface area contributed by atoms with Crippen LogP contribution in [0.5, 0.6) is 0 Å². The number of carbonyl (C=O) groups excluding carboxylic acids is 2. The number of carbonyl (C=O) groups is 2. The van der Waals surface area contributed by atoms with Crippen molar-refractivity contribution in [3.05, 3.63) is 48.6 Å². The molecule has 0 saturated carbocycles. The number of allylic oxidation sites excluding steroid dienone is 8. The molecule has 5 heteroatoms. The average Bonchev–Trinajstić information content (AvgIpc) is 3.14. The van der Waals surface area contributed by atoms with E-state index in [1.807, 2.05) is 0 Å². The van der Waals surface area contributed by atoms with Crippen LogP contribution in [-0.2, 0) is 23.8 Å². The Hall–Kier alpha value is -2.14. The molecular formula is C47H84O5. The summed E-state index contributed by atoms with van der Waals surface area (Å²) in [5.41, 5.74) is 0. The van der Waals surface area contributed by atoms with Gasteiger partial charge in [-0.05, 0) is 70.6 Å². The van der Waals surface area contributed by atoms with Gasteiger partial charge in [0.25, 0.3) is 0 Å². The predicted octanol–water partition coefficient (Wildman–Crippen LogP) is 14.4.